The van der Waals surface area contributed by atoms with E-state index in [1.165, 1.54) is 13.0 Å². The number of nitrogens with zero attached hydrogens (tertiary/aromatic N) is 2. The third-order valence-corrected chi connectivity index (χ3v) is 2.37. The van der Waals surface area contributed by atoms with E-state index >= 15 is 0 Å². The van der Waals surface area contributed by atoms with Crippen LogP contribution in [-0.4, -0.2) is 22.5 Å². The molecule has 0 radical (unpaired) electrons. The Balaban J connectivity index is 3.65. The Morgan fingerprint density at radius 2 is 2.33 bits per heavy atom. The summed E-state index contributed by atoms with van der Waals surface area (Å²) in [6, 6.07) is 2.52. The highest BCUT2D eigenvalue weighted by atomic mass is 16.6. The monoisotopic (exact) mass is 255 g/mol. The molecule has 1 aromatic rings. The zero-order valence-electron chi connectivity index (χ0n) is 13.4. The van der Waals surface area contributed by atoms with Crippen molar-refractivity contribution in [2.24, 2.45) is 0 Å². The van der Waals surface area contributed by atoms with Crippen molar-refractivity contribution in [3.8, 4) is 0 Å². The molecule has 1 aromatic heterocycles. The van der Waals surface area contributed by atoms with Gasteiger partial charge in [0.1, 0.15) is 11.1 Å². The predicted molar refractivity (Wildman–Crippen MR) is 65.3 cm³/mol. The highest BCUT2D eigenvalue weighted by Gasteiger charge is 2.38. The van der Waals surface area contributed by atoms with Gasteiger partial charge in [-0.1, -0.05) is 0 Å². The largest absolute Gasteiger partial charge is 0.465 e. The molecule has 0 fully saturated rings. The number of carbonyl (C=O) groups is 1. The van der Waals surface area contributed by atoms with E-state index in [-0.39, 0.29) is 6.61 Å². The number of aromatic nitrogens is 1. The van der Waals surface area contributed by atoms with Crippen molar-refractivity contribution in [1.29, 1.82) is 0 Å². The van der Waals surface area contributed by atoms with Gasteiger partial charge in [-0.3, -0.25) is 14.9 Å². The Bertz CT molecular complexity index is 574. The number of hydrogen-bond acceptors (Lipinski definition) is 5. The molecule has 0 aliphatic heterocycles. The van der Waals surface area contributed by atoms with Crippen LogP contribution in [0.3, 0.4) is 0 Å². The summed E-state index contributed by atoms with van der Waals surface area (Å²) >= 11 is 0. The first-order chi connectivity index (χ1) is 9.55. The summed E-state index contributed by atoms with van der Waals surface area (Å²) in [5.74, 6) is -1.06. The van der Waals surface area contributed by atoms with Crippen LogP contribution in [0.1, 0.15) is 36.2 Å². The maximum atomic E-state index is 12.2. The number of rotatable bonds is 4. The van der Waals surface area contributed by atoms with Gasteiger partial charge in [0.05, 0.1) is 11.5 Å². The van der Waals surface area contributed by atoms with Crippen molar-refractivity contribution >= 4 is 11.7 Å². The van der Waals surface area contributed by atoms with Gasteiger partial charge in [0.2, 0.25) is 0 Å². The lowest BCUT2D eigenvalue weighted by atomic mass is 9.87. The van der Waals surface area contributed by atoms with Gasteiger partial charge >= 0.3 is 5.97 Å². The second-order valence-corrected chi connectivity index (χ2v) is 3.92. The van der Waals surface area contributed by atoms with E-state index in [1.54, 1.807) is 6.92 Å². The van der Waals surface area contributed by atoms with Crippen LogP contribution >= 0.6 is 0 Å². The second kappa shape index (κ2) is 5.12. The summed E-state index contributed by atoms with van der Waals surface area (Å²) in [5, 5.41) is 11.1. The average Bonchev–Trinajstić information content (AvgIpc) is 2.36. The van der Waals surface area contributed by atoms with Crippen molar-refractivity contribution in [3.63, 3.8) is 0 Å². The number of ether oxygens (including phenoxy) is 1. The maximum Gasteiger partial charge on any atom is 0.317 e. The Labute approximate surface area is 109 Å². The molecule has 98 valence electrons. The lowest BCUT2D eigenvalue weighted by molar-refractivity contribution is -0.386. The fraction of sp³-hybridized carbons (Fsp3) is 0.500. The first-order valence-electron chi connectivity index (χ1n) is 6.85. The molecule has 0 saturated heterocycles. The van der Waals surface area contributed by atoms with Crippen LogP contribution in [0.4, 0.5) is 5.69 Å². The number of pyridine rings is 1. The summed E-state index contributed by atoms with van der Waals surface area (Å²) in [6.07, 6.45) is 0. The minimum atomic E-state index is -2.84. The highest BCUT2D eigenvalue weighted by Crippen LogP contribution is 2.31. The van der Waals surface area contributed by atoms with Crippen LogP contribution in [0.2, 0.25) is 0 Å². The van der Waals surface area contributed by atoms with Gasteiger partial charge in [-0.15, -0.1) is 0 Å². The van der Waals surface area contributed by atoms with Gasteiger partial charge in [0.15, 0.2) is 0 Å². The van der Waals surface area contributed by atoms with E-state index in [4.69, 9.17) is 8.85 Å². The molecule has 0 aliphatic rings. The van der Waals surface area contributed by atoms with Crippen LogP contribution in [0.25, 0.3) is 0 Å². The van der Waals surface area contributed by atoms with Crippen molar-refractivity contribution in [2.75, 3.05) is 6.61 Å². The zero-order valence-corrected chi connectivity index (χ0v) is 10.4. The van der Waals surface area contributed by atoms with Crippen molar-refractivity contribution in [1.82, 2.24) is 4.98 Å². The Morgan fingerprint density at radius 3 is 2.83 bits per heavy atom. The van der Waals surface area contributed by atoms with E-state index in [0.717, 1.165) is 13.0 Å². The minimum absolute atomic E-state index is 0.0376. The van der Waals surface area contributed by atoms with Crippen LogP contribution < -0.4 is 0 Å². The Hall–Kier alpha value is -1.98. The van der Waals surface area contributed by atoms with E-state index in [2.05, 4.69) is 4.98 Å². The smallest absolute Gasteiger partial charge is 0.317 e. The fourth-order valence-electron chi connectivity index (χ4n) is 1.44. The summed E-state index contributed by atoms with van der Waals surface area (Å²) in [6.45, 7) is 1.29. The molecule has 0 amide bonds. The number of esters is 1. The number of aryl methyl sites for hydroxylation is 1. The molecule has 6 nitrogen and oxygen atoms in total. The molecule has 1 rings (SSSR count). The van der Waals surface area contributed by atoms with E-state index in [0.29, 0.717) is 5.69 Å². The summed E-state index contributed by atoms with van der Waals surface area (Å²) in [5.41, 5.74) is -2.77. The molecule has 0 saturated carbocycles. The van der Waals surface area contributed by atoms with E-state index in [9.17, 15) is 14.9 Å². The Morgan fingerprint density at radius 1 is 1.67 bits per heavy atom. The minimum Gasteiger partial charge on any atom is -0.465 e. The van der Waals surface area contributed by atoms with Gasteiger partial charge in [0, 0.05) is 15.9 Å². The van der Waals surface area contributed by atoms with Gasteiger partial charge in [-0.2, -0.15) is 0 Å². The SMILES string of the molecule is [2H]C([2H])([2H])C(C)(C(=O)OCC)c1nc(C)ccc1[N+](=O)[O-]. The molecule has 0 aromatic carbocycles. The molecule has 6 heteroatoms. The molecule has 0 bridgehead atoms. The number of nitro groups is 1. The summed E-state index contributed by atoms with van der Waals surface area (Å²) < 4.78 is 27.6. The standard InChI is InChI=1S/C12H16N2O4/c1-5-18-11(15)12(3,4)10-9(14(16)17)7-6-8(2)13-10/h6-7H,5H2,1-4H3/i3D3. The summed E-state index contributed by atoms with van der Waals surface area (Å²) in [4.78, 5) is 26.4. The third kappa shape index (κ3) is 2.64. The Kier molecular flexibility index (Phi) is 2.84. The third-order valence-electron chi connectivity index (χ3n) is 2.37. The van der Waals surface area contributed by atoms with E-state index in [1.807, 2.05) is 0 Å². The van der Waals surface area contributed by atoms with Crippen LogP contribution in [0.5, 0.6) is 0 Å². The first-order valence-corrected chi connectivity index (χ1v) is 5.35. The van der Waals surface area contributed by atoms with Crippen molar-refractivity contribution in [3.05, 3.63) is 33.6 Å². The van der Waals surface area contributed by atoms with Crippen LogP contribution in [0, 0.1) is 17.0 Å². The molecule has 0 spiro atoms. The number of hydrogen-bond donors (Lipinski definition) is 0. The first kappa shape index (κ1) is 9.99. The predicted octanol–water partition coefficient (Wildman–Crippen LogP) is 2.14. The average molecular weight is 255 g/mol. The topological polar surface area (TPSA) is 82.3 Å². The zero-order chi connectivity index (χ0) is 16.4. The quantitative estimate of drug-likeness (QED) is 0.467. The molecule has 1 unspecified atom stereocenters. The van der Waals surface area contributed by atoms with Gasteiger partial charge in [0.25, 0.3) is 5.69 Å². The second-order valence-electron chi connectivity index (χ2n) is 3.92. The van der Waals surface area contributed by atoms with E-state index < -0.39 is 34.5 Å². The molecular formula is C12H16N2O4. The van der Waals surface area contributed by atoms with Crippen LogP contribution in [0.15, 0.2) is 12.1 Å². The number of carbonyl (C=O) groups excluding carboxylic acids is 1. The van der Waals surface area contributed by atoms with Gasteiger partial charge in [-0.25, -0.2) is 4.98 Å². The molecule has 18 heavy (non-hydrogen) atoms. The normalized spacial score (nSPS) is 16.9. The molecule has 0 N–H and O–H groups in total. The molecule has 0 aliphatic carbocycles. The lowest BCUT2D eigenvalue weighted by Gasteiger charge is -2.21. The highest BCUT2D eigenvalue weighted by molar-refractivity contribution is 5.83. The van der Waals surface area contributed by atoms with Crippen molar-refractivity contribution in [2.45, 2.75) is 33.0 Å². The van der Waals surface area contributed by atoms with Crippen molar-refractivity contribution < 1.29 is 18.6 Å². The van der Waals surface area contributed by atoms with Gasteiger partial charge < -0.3 is 4.74 Å². The fourth-order valence-corrected chi connectivity index (χ4v) is 1.44. The molecule has 1 heterocycles. The molecule has 1 atom stereocenters. The lowest BCUT2D eigenvalue weighted by Crippen LogP contribution is -2.33. The maximum absolute atomic E-state index is 12.2. The molecular weight excluding hydrogens is 236 g/mol. The van der Waals surface area contributed by atoms with Gasteiger partial charge in [-0.05, 0) is 33.7 Å². The summed E-state index contributed by atoms with van der Waals surface area (Å²) in [7, 11) is 0. The van der Waals surface area contributed by atoms with Crippen LogP contribution in [-0.2, 0) is 14.9 Å².